The largest absolute Gasteiger partial charge is 0.497 e. The molecule has 21 heavy (non-hydrogen) atoms. The summed E-state index contributed by atoms with van der Waals surface area (Å²) in [7, 11) is 1.62. The number of benzene rings is 1. The van der Waals surface area contributed by atoms with Gasteiger partial charge >= 0.3 is 5.97 Å². The molecule has 0 unspecified atom stereocenters. The lowest BCUT2D eigenvalue weighted by Gasteiger charge is -2.10. The van der Waals surface area contributed by atoms with E-state index in [1.165, 1.54) is 11.8 Å². The van der Waals surface area contributed by atoms with Crippen LogP contribution in [0.1, 0.15) is 20.3 Å². The molecule has 0 amide bonds. The van der Waals surface area contributed by atoms with Crippen LogP contribution < -0.4 is 4.74 Å². The number of hydrogen-bond acceptors (Lipinski definition) is 4. The molecule has 0 aliphatic carbocycles. The molecular weight excluding hydrogens is 288 g/mol. The van der Waals surface area contributed by atoms with Crippen molar-refractivity contribution >= 4 is 28.8 Å². The van der Waals surface area contributed by atoms with E-state index in [4.69, 9.17) is 9.84 Å². The summed E-state index contributed by atoms with van der Waals surface area (Å²) in [6.07, 6.45) is 1.03. The summed E-state index contributed by atoms with van der Waals surface area (Å²) in [4.78, 5) is 15.3. The van der Waals surface area contributed by atoms with E-state index in [0.717, 1.165) is 34.9 Å². The summed E-state index contributed by atoms with van der Waals surface area (Å²) in [6, 6.07) is 5.76. The zero-order chi connectivity index (χ0) is 15.4. The van der Waals surface area contributed by atoms with Crippen molar-refractivity contribution in [1.29, 1.82) is 0 Å². The Morgan fingerprint density at radius 1 is 1.48 bits per heavy atom. The second-order valence-electron chi connectivity index (χ2n) is 5.27. The molecule has 0 atom stereocenters. The molecule has 2 rings (SSSR count). The van der Waals surface area contributed by atoms with Gasteiger partial charge in [-0.25, -0.2) is 4.98 Å². The van der Waals surface area contributed by atoms with E-state index >= 15 is 0 Å². The molecule has 2 aromatic rings. The predicted molar refractivity (Wildman–Crippen MR) is 84.1 cm³/mol. The van der Waals surface area contributed by atoms with E-state index in [9.17, 15) is 4.79 Å². The van der Waals surface area contributed by atoms with Gasteiger partial charge in [0, 0.05) is 12.6 Å². The number of hydrogen-bond donors (Lipinski definition) is 1. The van der Waals surface area contributed by atoms with Crippen LogP contribution in [0.2, 0.25) is 0 Å². The highest BCUT2D eigenvalue weighted by atomic mass is 32.2. The van der Waals surface area contributed by atoms with E-state index in [1.54, 1.807) is 7.11 Å². The number of carboxylic acids is 1. The number of ether oxygens (including phenoxy) is 1. The lowest BCUT2D eigenvalue weighted by Crippen LogP contribution is -2.05. The molecule has 0 spiro atoms. The lowest BCUT2D eigenvalue weighted by molar-refractivity contribution is -0.133. The molecule has 114 valence electrons. The quantitative estimate of drug-likeness (QED) is 0.795. The van der Waals surface area contributed by atoms with E-state index in [0.29, 0.717) is 5.92 Å². The van der Waals surface area contributed by atoms with Crippen LogP contribution in [0, 0.1) is 5.92 Å². The van der Waals surface area contributed by atoms with Gasteiger partial charge in [0.05, 0.1) is 23.9 Å². The van der Waals surface area contributed by atoms with Gasteiger partial charge in [0.1, 0.15) is 5.75 Å². The number of aryl methyl sites for hydroxylation is 1. The number of fused-ring (bicyclic) bond motifs is 1. The third-order valence-corrected chi connectivity index (χ3v) is 4.14. The molecule has 5 nitrogen and oxygen atoms in total. The van der Waals surface area contributed by atoms with Gasteiger partial charge in [-0.3, -0.25) is 4.79 Å². The van der Waals surface area contributed by atoms with Crippen LogP contribution in [0.25, 0.3) is 11.0 Å². The Labute approximate surface area is 128 Å². The first kappa shape index (κ1) is 15.7. The van der Waals surface area contributed by atoms with Crippen molar-refractivity contribution < 1.29 is 14.6 Å². The van der Waals surface area contributed by atoms with Crippen molar-refractivity contribution in [2.45, 2.75) is 32.0 Å². The maximum absolute atomic E-state index is 10.8. The third-order valence-electron chi connectivity index (χ3n) is 3.18. The van der Waals surface area contributed by atoms with Gasteiger partial charge in [-0.2, -0.15) is 0 Å². The van der Waals surface area contributed by atoms with Crippen molar-refractivity contribution in [2.24, 2.45) is 5.92 Å². The summed E-state index contributed by atoms with van der Waals surface area (Å²) < 4.78 is 7.32. The van der Waals surface area contributed by atoms with Gasteiger partial charge in [0.15, 0.2) is 5.16 Å². The Balaban J connectivity index is 2.37. The predicted octanol–water partition coefficient (Wildman–Crippen LogP) is 3.27. The zero-order valence-electron chi connectivity index (χ0n) is 12.5. The summed E-state index contributed by atoms with van der Waals surface area (Å²) in [6.45, 7) is 5.18. The number of imidazole rings is 1. The van der Waals surface area contributed by atoms with Crippen LogP contribution >= 0.6 is 11.8 Å². The van der Waals surface area contributed by atoms with E-state index in [1.807, 2.05) is 18.2 Å². The number of aliphatic carboxylic acids is 1. The van der Waals surface area contributed by atoms with Crippen molar-refractivity contribution in [3.63, 3.8) is 0 Å². The maximum atomic E-state index is 10.8. The number of carbonyl (C=O) groups is 1. The van der Waals surface area contributed by atoms with Crippen molar-refractivity contribution in [2.75, 3.05) is 12.9 Å². The first-order chi connectivity index (χ1) is 10.0. The molecule has 6 heteroatoms. The van der Waals surface area contributed by atoms with Crippen molar-refractivity contribution in [3.8, 4) is 5.75 Å². The highest BCUT2D eigenvalue weighted by Crippen LogP contribution is 2.27. The number of methoxy groups -OCH3 is 1. The van der Waals surface area contributed by atoms with Crippen molar-refractivity contribution in [3.05, 3.63) is 18.2 Å². The fourth-order valence-electron chi connectivity index (χ4n) is 2.05. The fraction of sp³-hybridized carbons (Fsp3) is 0.467. The first-order valence-corrected chi connectivity index (χ1v) is 7.88. The number of nitrogens with zero attached hydrogens (tertiary/aromatic N) is 2. The van der Waals surface area contributed by atoms with E-state index < -0.39 is 5.97 Å². The summed E-state index contributed by atoms with van der Waals surface area (Å²) in [5, 5.41) is 9.61. The molecule has 0 saturated carbocycles. The fourth-order valence-corrected chi connectivity index (χ4v) is 2.82. The van der Waals surface area contributed by atoms with Gasteiger partial charge in [0.25, 0.3) is 0 Å². The number of thioether (sulfide) groups is 1. The summed E-state index contributed by atoms with van der Waals surface area (Å²) >= 11 is 1.26. The van der Waals surface area contributed by atoms with Crippen LogP contribution in [0.15, 0.2) is 23.4 Å². The minimum absolute atomic E-state index is 0.0160. The Bertz CT molecular complexity index is 637. The van der Waals surface area contributed by atoms with Crippen LogP contribution in [-0.2, 0) is 11.3 Å². The normalized spacial score (nSPS) is 11.2. The minimum Gasteiger partial charge on any atom is -0.497 e. The first-order valence-electron chi connectivity index (χ1n) is 6.90. The molecule has 1 aromatic carbocycles. The Morgan fingerprint density at radius 3 is 2.86 bits per heavy atom. The number of aromatic nitrogens is 2. The number of rotatable bonds is 7. The SMILES string of the molecule is COc1ccc2c(c1)nc(SCC(=O)O)n2CCC(C)C. The number of carboxylic acid groups (broad SMARTS) is 1. The highest BCUT2D eigenvalue weighted by molar-refractivity contribution is 7.99. The zero-order valence-corrected chi connectivity index (χ0v) is 13.3. The molecule has 1 N–H and O–H groups in total. The molecule has 0 saturated heterocycles. The van der Waals surface area contributed by atoms with Crippen molar-refractivity contribution in [1.82, 2.24) is 9.55 Å². The Kier molecular flexibility index (Phi) is 5.12. The second-order valence-corrected chi connectivity index (χ2v) is 6.21. The van der Waals surface area contributed by atoms with Crippen LogP contribution in [0.3, 0.4) is 0 Å². The van der Waals surface area contributed by atoms with E-state index in [2.05, 4.69) is 23.4 Å². The van der Waals surface area contributed by atoms with Crippen LogP contribution in [-0.4, -0.2) is 33.5 Å². The van der Waals surface area contributed by atoms with Gasteiger partial charge in [-0.1, -0.05) is 25.6 Å². The molecule has 0 aliphatic heterocycles. The average molecular weight is 308 g/mol. The van der Waals surface area contributed by atoms with Gasteiger partial charge in [-0.05, 0) is 24.5 Å². The molecular formula is C15H20N2O3S. The minimum atomic E-state index is -0.833. The maximum Gasteiger partial charge on any atom is 0.313 e. The molecule has 0 aliphatic rings. The Hall–Kier alpha value is -1.69. The Morgan fingerprint density at radius 2 is 2.24 bits per heavy atom. The lowest BCUT2D eigenvalue weighted by atomic mass is 10.1. The molecule has 0 radical (unpaired) electrons. The standard InChI is InChI=1S/C15H20N2O3S/c1-10(2)6-7-17-13-5-4-11(20-3)8-12(13)16-15(17)21-9-14(18)19/h4-5,8,10H,6-7,9H2,1-3H3,(H,18,19). The smallest absolute Gasteiger partial charge is 0.313 e. The summed E-state index contributed by atoms with van der Waals surface area (Å²) in [5.74, 6) is 0.520. The van der Waals surface area contributed by atoms with Crippen LogP contribution in [0.4, 0.5) is 0 Å². The van der Waals surface area contributed by atoms with Gasteiger partial charge in [-0.15, -0.1) is 0 Å². The molecule has 0 bridgehead atoms. The highest BCUT2D eigenvalue weighted by Gasteiger charge is 2.13. The van der Waals surface area contributed by atoms with Gasteiger partial charge < -0.3 is 14.4 Å². The topological polar surface area (TPSA) is 64.3 Å². The van der Waals surface area contributed by atoms with Crippen LogP contribution in [0.5, 0.6) is 5.75 Å². The average Bonchev–Trinajstić information content (AvgIpc) is 2.79. The molecule has 0 fully saturated rings. The molecule has 1 aromatic heterocycles. The second kappa shape index (κ2) is 6.85. The monoisotopic (exact) mass is 308 g/mol. The summed E-state index contributed by atoms with van der Waals surface area (Å²) in [5.41, 5.74) is 1.86. The third kappa shape index (κ3) is 3.91. The van der Waals surface area contributed by atoms with E-state index in [-0.39, 0.29) is 5.75 Å². The van der Waals surface area contributed by atoms with Gasteiger partial charge in [0.2, 0.25) is 0 Å². The molecule has 1 heterocycles.